The molecule has 3 saturated heterocycles. The van der Waals surface area contributed by atoms with E-state index in [1.54, 1.807) is 6.33 Å². The number of benzene rings is 1. The average Bonchev–Trinajstić information content (AvgIpc) is 2.63. The standard InChI is InChI=1S/C20H25N5O/c1-13-4-5-14(2)18(6-13)23-20(26)11-25-16-8-17(25)10-24(9-16)19-7-15(3)21-12-22-19/h4-7,12,16-17H,8-11H2,1-3H3,(H,23,26). The van der Waals surface area contributed by atoms with E-state index in [4.69, 9.17) is 0 Å². The number of hydrogen-bond donors (Lipinski definition) is 1. The second kappa shape index (κ2) is 6.68. The van der Waals surface area contributed by atoms with Crippen molar-refractivity contribution in [3.63, 3.8) is 0 Å². The molecule has 4 heterocycles. The van der Waals surface area contributed by atoms with Crippen LogP contribution in [0.1, 0.15) is 23.2 Å². The lowest BCUT2D eigenvalue weighted by Crippen LogP contribution is -2.69. The number of fused-ring (bicyclic) bond motifs is 2. The van der Waals surface area contributed by atoms with E-state index >= 15 is 0 Å². The van der Waals surface area contributed by atoms with Crippen LogP contribution in [-0.2, 0) is 4.79 Å². The molecular weight excluding hydrogens is 326 g/mol. The van der Waals surface area contributed by atoms with Gasteiger partial charge in [0.2, 0.25) is 5.91 Å². The predicted octanol–water partition coefficient (Wildman–Crippen LogP) is 2.30. The summed E-state index contributed by atoms with van der Waals surface area (Å²) in [6, 6.07) is 9.02. The van der Waals surface area contributed by atoms with Gasteiger partial charge in [-0.05, 0) is 44.4 Å². The highest BCUT2D eigenvalue weighted by Crippen LogP contribution is 2.33. The van der Waals surface area contributed by atoms with E-state index in [2.05, 4.69) is 31.2 Å². The Balaban J connectivity index is 1.36. The molecule has 5 rings (SSSR count). The molecule has 1 aromatic carbocycles. The van der Waals surface area contributed by atoms with Gasteiger partial charge in [0.25, 0.3) is 0 Å². The summed E-state index contributed by atoms with van der Waals surface area (Å²) in [7, 11) is 0. The molecule has 0 aliphatic carbocycles. The topological polar surface area (TPSA) is 61.4 Å². The number of nitrogens with zero attached hydrogens (tertiary/aromatic N) is 4. The Hall–Kier alpha value is -2.47. The van der Waals surface area contributed by atoms with E-state index < -0.39 is 0 Å². The first-order chi connectivity index (χ1) is 12.5. The fraction of sp³-hybridized carbons (Fsp3) is 0.450. The van der Waals surface area contributed by atoms with Crippen LogP contribution in [-0.4, -0.2) is 52.5 Å². The minimum Gasteiger partial charge on any atom is -0.353 e. The van der Waals surface area contributed by atoms with Crippen molar-refractivity contribution in [2.24, 2.45) is 0 Å². The van der Waals surface area contributed by atoms with Crippen molar-refractivity contribution in [3.8, 4) is 0 Å². The summed E-state index contributed by atoms with van der Waals surface area (Å²) in [5.41, 5.74) is 4.15. The molecule has 1 N–H and O–H groups in total. The van der Waals surface area contributed by atoms with Crippen molar-refractivity contribution >= 4 is 17.4 Å². The number of aryl methyl sites for hydroxylation is 3. The van der Waals surface area contributed by atoms with Crippen molar-refractivity contribution in [2.45, 2.75) is 39.3 Å². The number of carbonyl (C=O) groups is 1. The molecule has 6 heteroatoms. The second-order valence-electron chi connectivity index (χ2n) is 7.50. The molecule has 136 valence electrons. The van der Waals surface area contributed by atoms with E-state index in [1.807, 2.05) is 39.0 Å². The molecular formula is C20H25N5O. The first-order valence-electron chi connectivity index (χ1n) is 9.16. The smallest absolute Gasteiger partial charge is 0.238 e. The Morgan fingerprint density at radius 1 is 1.15 bits per heavy atom. The third-order valence-corrected chi connectivity index (χ3v) is 5.45. The van der Waals surface area contributed by atoms with Gasteiger partial charge >= 0.3 is 0 Å². The molecule has 2 unspecified atom stereocenters. The second-order valence-corrected chi connectivity index (χ2v) is 7.50. The van der Waals surface area contributed by atoms with Crippen molar-refractivity contribution < 1.29 is 4.79 Å². The van der Waals surface area contributed by atoms with Crippen LogP contribution in [0.4, 0.5) is 11.5 Å². The van der Waals surface area contributed by atoms with E-state index in [0.29, 0.717) is 18.6 Å². The van der Waals surface area contributed by atoms with Gasteiger partial charge in [-0.25, -0.2) is 9.97 Å². The molecule has 6 nitrogen and oxygen atoms in total. The third-order valence-electron chi connectivity index (χ3n) is 5.45. The first kappa shape index (κ1) is 17.0. The molecule has 3 aliphatic rings. The maximum Gasteiger partial charge on any atom is 0.238 e. The molecule has 0 spiro atoms. The van der Waals surface area contributed by atoms with Crippen LogP contribution in [0.3, 0.4) is 0 Å². The van der Waals surface area contributed by atoms with Crippen molar-refractivity contribution in [3.05, 3.63) is 47.4 Å². The highest BCUT2D eigenvalue weighted by Gasteiger charge is 2.45. The maximum atomic E-state index is 12.5. The SMILES string of the molecule is Cc1ccc(C)c(NC(=O)CN2C3CC2CN(c2cc(C)ncn2)C3)c1. The fourth-order valence-corrected chi connectivity index (χ4v) is 3.97. The van der Waals surface area contributed by atoms with Crippen LogP contribution in [0, 0.1) is 20.8 Å². The number of piperazine rings is 1. The quantitative estimate of drug-likeness (QED) is 0.916. The summed E-state index contributed by atoms with van der Waals surface area (Å²) in [5, 5.41) is 3.07. The van der Waals surface area contributed by atoms with E-state index in [-0.39, 0.29) is 5.91 Å². The maximum absolute atomic E-state index is 12.5. The lowest BCUT2D eigenvalue weighted by Gasteiger charge is -2.56. The van der Waals surface area contributed by atoms with Gasteiger partial charge < -0.3 is 10.2 Å². The number of carbonyl (C=O) groups excluding carboxylic acids is 1. The van der Waals surface area contributed by atoms with Gasteiger partial charge in [0, 0.05) is 42.6 Å². The Morgan fingerprint density at radius 3 is 2.65 bits per heavy atom. The minimum absolute atomic E-state index is 0.0692. The summed E-state index contributed by atoms with van der Waals surface area (Å²) in [6.07, 6.45) is 2.79. The van der Waals surface area contributed by atoms with Crippen LogP contribution in [0.25, 0.3) is 0 Å². The molecule has 3 fully saturated rings. The lowest BCUT2D eigenvalue weighted by molar-refractivity contribution is -0.121. The Kier molecular flexibility index (Phi) is 4.36. The molecule has 2 aromatic rings. The zero-order valence-electron chi connectivity index (χ0n) is 15.6. The van der Waals surface area contributed by atoms with E-state index in [9.17, 15) is 4.79 Å². The van der Waals surface area contributed by atoms with E-state index in [1.165, 1.54) is 0 Å². The average molecular weight is 351 g/mol. The van der Waals surface area contributed by atoms with Crippen LogP contribution < -0.4 is 10.2 Å². The molecule has 26 heavy (non-hydrogen) atoms. The molecule has 1 aromatic heterocycles. The first-order valence-corrected chi connectivity index (χ1v) is 9.16. The van der Waals surface area contributed by atoms with Gasteiger partial charge in [-0.2, -0.15) is 0 Å². The molecule has 0 radical (unpaired) electrons. The Labute approximate surface area is 154 Å². The van der Waals surface area contributed by atoms with Gasteiger partial charge in [0.15, 0.2) is 0 Å². The van der Waals surface area contributed by atoms with Gasteiger partial charge in [0.1, 0.15) is 12.1 Å². The molecule has 2 atom stereocenters. The van der Waals surface area contributed by atoms with Crippen LogP contribution >= 0.6 is 0 Å². The highest BCUT2D eigenvalue weighted by atomic mass is 16.2. The Morgan fingerprint density at radius 2 is 1.92 bits per heavy atom. The number of nitrogens with one attached hydrogen (secondary N) is 1. The fourth-order valence-electron chi connectivity index (χ4n) is 3.97. The van der Waals surface area contributed by atoms with Crippen molar-refractivity contribution in [2.75, 3.05) is 29.9 Å². The monoisotopic (exact) mass is 351 g/mol. The Bertz CT molecular complexity index is 825. The highest BCUT2D eigenvalue weighted by molar-refractivity contribution is 5.93. The molecule has 0 saturated carbocycles. The minimum atomic E-state index is 0.0692. The summed E-state index contributed by atoms with van der Waals surface area (Å²) in [5.74, 6) is 1.06. The van der Waals surface area contributed by atoms with Crippen LogP contribution in [0.15, 0.2) is 30.6 Å². The molecule has 2 bridgehead atoms. The number of anilines is 2. The van der Waals surface area contributed by atoms with Gasteiger partial charge in [-0.15, -0.1) is 0 Å². The number of rotatable bonds is 4. The summed E-state index contributed by atoms with van der Waals surface area (Å²) in [6.45, 7) is 8.35. The third kappa shape index (κ3) is 3.29. The zero-order valence-corrected chi connectivity index (χ0v) is 15.6. The summed E-state index contributed by atoms with van der Waals surface area (Å²) < 4.78 is 0. The summed E-state index contributed by atoms with van der Waals surface area (Å²) >= 11 is 0. The summed E-state index contributed by atoms with van der Waals surface area (Å²) in [4.78, 5) is 25.7. The van der Waals surface area contributed by atoms with Gasteiger partial charge in [-0.3, -0.25) is 9.69 Å². The number of aromatic nitrogens is 2. The number of piperidine rings is 1. The van der Waals surface area contributed by atoms with E-state index in [0.717, 1.165) is 47.8 Å². The van der Waals surface area contributed by atoms with Crippen LogP contribution in [0.5, 0.6) is 0 Å². The van der Waals surface area contributed by atoms with Gasteiger partial charge in [0.05, 0.1) is 6.54 Å². The van der Waals surface area contributed by atoms with Crippen molar-refractivity contribution in [1.82, 2.24) is 14.9 Å². The molecule has 3 aliphatic heterocycles. The zero-order chi connectivity index (χ0) is 18.3. The lowest BCUT2D eigenvalue weighted by atomic mass is 9.87. The number of hydrogen-bond acceptors (Lipinski definition) is 5. The van der Waals surface area contributed by atoms with Gasteiger partial charge in [-0.1, -0.05) is 12.1 Å². The largest absolute Gasteiger partial charge is 0.353 e. The normalized spacial score (nSPS) is 22.0. The van der Waals surface area contributed by atoms with Crippen LogP contribution in [0.2, 0.25) is 0 Å². The molecule has 1 amide bonds. The van der Waals surface area contributed by atoms with Crippen molar-refractivity contribution in [1.29, 1.82) is 0 Å². The number of amides is 1. The predicted molar refractivity (Wildman–Crippen MR) is 102 cm³/mol.